The molecule has 0 unspecified atom stereocenters. The van der Waals surface area contributed by atoms with Gasteiger partial charge >= 0.3 is 0 Å². The van der Waals surface area contributed by atoms with Crippen LogP contribution in [0, 0.1) is 0 Å². The van der Waals surface area contributed by atoms with E-state index in [-0.39, 0.29) is 5.91 Å². The maximum atomic E-state index is 12.1. The zero-order valence-electron chi connectivity index (χ0n) is 12.5. The molecule has 0 saturated carbocycles. The molecule has 0 aliphatic carbocycles. The van der Waals surface area contributed by atoms with Crippen LogP contribution in [0.5, 0.6) is 0 Å². The molecule has 5 heteroatoms. The second-order valence-corrected chi connectivity index (χ2v) is 6.07. The van der Waals surface area contributed by atoms with Gasteiger partial charge in [-0.1, -0.05) is 36.4 Å². The van der Waals surface area contributed by atoms with Crippen LogP contribution in [0.3, 0.4) is 0 Å². The molecule has 0 radical (unpaired) electrons. The number of nitrogens with one attached hydrogen (secondary N) is 2. The number of carbonyl (C=O) groups excluding carboxylic acids is 1. The largest absolute Gasteiger partial charge is 0.366 e. The van der Waals surface area contributed by atoms with E-state index in [4.69, 9.17) is 0 Å². The van der Waals surface area contributed by atoms with Gasteiger partial charge in [0.1, 0.15) is 5.82 Å². The summed E-state index contributed by atoms with van der Waals surface area (Å²) in [5.74, 6) is 0.643. The summed E-state index contributed by atoms with van der Waals surface area (Å²) in [6.45, 7) is 1.25. The highest BCUT2D eigenvalue weighted by Gasteiger charge is 2.06. The molecule has 1 amide bonds. The summed E-state index contributed by atoms with van der Waals surface area (Å²) in [4.78, 5) is 17.5. The minimum atomic E-state index is -0.111. The molecule has 0 aliphatic rings. The fraction of sp³-hybridized carbons (Fsp3) is 0.111. The normalized spacial score (nSPS) is 10.3. The highest BCUT2D eigenvalue weighted by Crippen LogP contribution is 2.10. The van der Waals surface area contributed by atoms with Gasteiger partial charge in [0.2, 0.25) is 0 Å². The van der Waals surface area contributed by atoms with Crippen molar-refractivity contribution in [1.29, 1.82) is 0 Å². The highest BCUT2D eigenvalue weighted by atomic mass is 32.1. The molecule has 116 valence electrons. The first-order valence-electron chi connectivity index (χ1n) is 7.36. The number of nitrogens with zero attached hydrogens (tertiary/aromatic N) is 1. The van der Waals surface area contributed by atoms with Crippen LogP contribution in [-0.4, -0.2) is 10.9 Å². The Morgan fingerprint density at radius 1 is 1.00 bits per heavy atom. The zero-order valence-corrected chi connectivity index (χ0v) is 13.3. The van der Waals surface area contributed by atoms with Gasteiger partial charge in [0, 0.05) is 17.6 Å². The van der Waals surface area contributed by atoms with Crippen molar-refractivity contribution < 1.29 is 4.79 Å². The quantitative estimate of drug-likeness (QED) is 0.727. The second kappa shape index (κ2) is 7.56. The standard InChI is InChI=1S/C18H17N3OS/c22-18(21-13-16-7-4-10-23-16)15-8-9-17(20-12-15)19-11-14-5-2-1-3-6-14/h1-10,12H,11,13H2,(H,19,20)(H,21,22). The Morgan fingerprint density at radius 3 is 2.57 bits per heavy atom. The lowest BCUT2D eigenvalue weighted by Gasteiger charge is -2.07. The van der Waals surface area contributed by atoms with Gasteiger partial charge in [-0.25, -0.2) is 4.98 Å². The van der Waals surface area contributed by atoms with Crippen LogP contribution in [0.25, 0.3) is 0 Å². The van der Waals surface area contributed by atoms with E-state index < -0.39 is 0 Å². The molecule has 0 aliphatic heterocycles. The Kier molecular flexibility index (Phi) is 5.01. The van der Waals surface area contributed by atoms with Gasteiger partial charge in [-0.15, -0.1) is 11.3 Å². The molecular weight excluding hydrogens is 306 g/mol. The Balaban J connectivity index is 1.53. The molecule has 3 aromatic rings. The van der Waals surface area contributed by atoms with Crippen molar-refractivity contribution in [2.45, 2.75) is 13.1 Å². The Labute approximate surface area is 139 Å². The number of benzene rings is 1. The zero-order chi connectivity index (χ0) is 15.9. The van der Waals surface area contributed by atoms with Crippen molar-refractivity contribution in [3.05, 3.63) is 82.2 Å². The van der Waals surface area contributed by atoms with E-state index in [0.29, 0.717) is 18.7 Å². The minimum Gasteiger partial charge on any atom is -0.366 e. The van der Waals surface area contributed by atoms with Crippen LogP contribution in [0.4, 0.5) is 5.82 Å². The second-order valence-electron chi connectivity index (χ2n) is 5.03. The van der Waals surface area contributed by atoms with Crippen LogP contribution in [0.1, 0.15) is 20.8 Å². The van der Waals surface area contributed by atoms with Crippen molar-refractivity contribution in [2.75, 3.05) is 5.32 Å². The lowest BCUT2D eigenvalue weighted by molar-refractivity contribution is 0.0951. The van der Waals surface area contributed by atoms with Crippen LogP contribution in [0.15, 0.2) is 66.2 Å². The molecule has 0 fully saturated rings. The number of rotatable bonds is 6. The average molecular weight is 323 g/mol. The highest BCUT2D eigenvalue weighted by molar-refractivity contribution is 7.09. The number of hydrogen-bond donors (Lipinski definition) is 2. The number of hydrogen-bond acceptors (Lipinski definition) is 4. The predicted molar refractivity (Wildman–Crippen MR) is 93.5 cm³/mol. The first kappa shape index (κ1) is 15.2. The lowest BCUT2D eigenvalue weighted by Crippen LogP contribution is -2.22. The van der Waals surface area contributed by atoms with E-state index in [2.05, 4.69) is 27.8 Å². The van der Waals surface area contributed by atoms with E-state index in [9.17, 15) is 4.79 Å². The first-order chi connectivity index (χ1) is 11.3. The number of carbonyl (C=O) groups is 1. The minimum absolute atomic E-state index is 0.111. The molecule has 3 rings (SSSR count). The number of pyridine rings is 1. The molecule has 2 aromatic heterocycles. The monoisotopic (exact) mass is 323 g/mol. The van der Waals surface area contributed by atoms with Crippen LogP contribution < -0.4 is 10.6 Å². The van der Waals surface area contributed by atoms with Crippen molar-refractivity contribution in [3.8, 4) is 0 Å². The molecule has 0 atom stereocenters. The van der Waals surface area contributed by atoms with E-state index in [0.717, 1.165) is 10.7 Å². The van der Waals surface area contributed by atoms with Crippen molar-refractivity contribution >= 4 is 23.1 Å². The van der Waals surface area contributed by atoms with Gasteiger partial charge in [-0.3, -0.25) is 4.79 Å². The van der Waals surface area contributed by atoms with Gasteiger partial charge in [0.25, 0.3) is 5.91 Å². The molecule has 0 spiro atoms. The van der Waals surface area contributed by atoms with Crippen LogP contribution in [0.2, 0.25) is 0 Å². The summed E-state index contributed by atoms with van der Waals surface area (Å²) in [7, 11) is 0. The predicted octanol–water partition coefficient (Wildman–Crippen LogP) is 3.69. The van der Waals surface area contributed by atoms with E-state index in [1.54, 1.807) is 23.6 Å². The molecule has 2 heterocycles. The third kappa shape index (κ3) is 4.40. The SMILES string of the molecule is O=C(NCc1cccs1)c1ccc(NCc2ccccc2)nc1. The summed E-state index contributed by atoms with van der Waals surface area (Å²) in [6.07, 6.45) is 1.59. The molecule has 1 aromatic carbocycles. The third-order valence-electron chi connectivity index (χ3n) is 3.35. The first-order valence-corrected chi connectivity index (χ1v) is 8.24. The van der Waals surface area contributed by atoms with Gasteiger partial charge in [-0.2, -0.15) is 0 Å². The van der Waals surface area contributed by atoms with Gasteiger partial charge in [0.15, 0.2) is 0 Å². The molecule has 0 saturated heterocycles. The Bertz CT molecular complexity index is 740. The third-order valence-corrected chi connectivity index (χ3v) is 4.22. The fourth-order valence-corrected chi connectivity index (χ4v) is 2.75. The smallest absolute Gasteiger partial charge is 0.253 e. The maximum Gasteiger partial charge on any atom is 0.253 e. The summed E-state index contributed by atoms with van der Waals surface area (Å²) in [5.41, 5.74) is 1.75. The number of amides is 1. The molecule has 0 bridgehead atoms. The number of thiophene rings is 1. The van der Waals surface area contributed by atoms with Gasteiger partial charge < -0.3 is 10.6 Å². The molecular formula is C18H17N3OS. The average Bonchev–Trinajstić information content (AvgIpc) is 3.13. The fourth-order valence-electron chi connectivity index (χ4n) is 2.10. The summed E-state index contributed by atoms with van der Waals surface area (Å²) in [5, 5.41) is 8.13. The Morgan fingerprint density at radius 2 is 1.87 bits per heavy atom. The Hall–Kier alpha value is -2.66. The van der Waals surface area contributed by atoms with Crippen molar-refractivity contribution in [3.63, 3.8) is 0 Å². The van der Waals surface area contributed by atoms with Gasteiger partial charge in [-0.05, 0) is 29.1 Å². The van der Waals surface area contributed by atoms with Crippen LogP contribution in [-0.2, 0) is 13.1 Å². The summed E-state index contributed by atoms with van der Waals surface area (Å²) >= 11 is 1.63. The van der Waals surface area contributed by atoms with E-state index in [1.165, 1.54) is 5.56 Å². The van der Waals surface area contributed by atoms with Crippen molar-refractivity contribution in [2.24, 2.45) is 0 Å². The summed E-state index contributed by atoms with van der Waals surface area (Å²) < 4.78 is 0. The van der Waals surface area contributed by atoms with Crippen molar-refractivity contribution in [1.82, 2.24) is 10.3 Å². The molecule has 2 N–H and O–H groups in total. The maximum absolute atomic E-state index is 12.1. The topological polar surface area (TPSA) is 54.0 Å². The summed E-state index contributed by atoms with van der Waals surface area (Å²) in [6, 6.07) is 17.7. The number of aromatic nitrogens is 1. The molecule has 4 nitrogen and oxygen atoms in total. The van der Waals surface area contributed by atoms with E-state index >= 15 is 0 Å². The van der Waals surface area contributed by atoms with Crippen LogP contribution >= 0.6 is 11.3 Å². The molecule has 23 heavy (non-hydrogen) atoms. The number of anilines is 1. The van der Waals surface area contributed by atoms with Gasteiger partial charge in [0.05, 0.1) is 12.1 Å². The lowest BCUT2D eigenvalue weighted by atomic mass is 10.2. The van der Waals surface area contributed by atoms with E-state index in [1.807, 2.05) is 41.8 Å².